The molecule has 0 radical (unpaired) electrons. The van der Waals surface area contributed by atoms with Crippen LogP contribution in [0.4, 0.5) is 0 Å². The number of H-pyrrole nitrogens is 1. The van der Waals surface area contributed by atoms with Gasteiger partial charge in [-0.05, 0) is 41.5 Å². The molecule has 1 aromatic rings. The standard InChI is InChI=1S/C16H29IN2/c1-4-6-8-10-12-16(3,11-9-7-5-2)14-13-15(17)19-18-14/h13H,4-12H2,1-3H3,(H,18,19). The first-order valence-corrected chi connectivity index (χ1v) is 8.91. The summed E-state index contributed by atoms with van der Waals surface area (Å²) in [6, 6.07) is 2.23. The smallest absolute Gasteiger partial charge is 0.123 e. The van der Waals surface area contributed by atoms with Gasteiger partial charge >= 0.3 is 0 Å². The molecule has 0 aromatic carbocycles. The van der Waals surface area contributed by atoms with Gasteiger partial charge in [-0.15, -0.1) is 0 Å². The van der Waals surface area contributed by atoms with E-state index in [1.54, 1.807) is 0 Å². The van der Waals surface area contributed by atoms with E-state index < -0.39 is 0 Å². The molecule has 1 unspecified atom stereocenters. The SMILES string of the molecule is CCCCCCC(C)(CCCCC)c1cc(I)n[nH]1. The monoisotopic (exact) mass is 376 g/mol. The maximum absolute atomic E-state index is 4.32. The first-order chi connectivity index (χ1) is 9.12. The fourth-order valence-electron chi connectivity index (χ4n) is 2.71. The molecule has 1 atom stereocenters. The summed E-state index contributed by atoms with van der Waals surface area (Å²) in [6.07, 6.45) is 11.9. The van der Waals surface area contributed by atoms with Crippen molar-refractivity contribution in [2.45, 2.75) is 84.0 Å². The van der Waals surface area contributed by atoms with E-state index in [4.69, 9.17) is 0 Å². The molecule has 0 amide bonds. The van der Waals surface area contributed by atoms with Gasteiger partial charge in [-0.3, -0.25) is 5.10 Å². The first-order valence-electron chi connectivity index (χ1n) is 7.83. The zero-order valence-corrected chi connectivity index (χ0v) is 14.9. The van der Waals surface area contributed by atoms with Crippen LogP contribution in [0.3, 0.4) is 0 Å². The summed E-state index contributed by atoms with van der Waals surface area (Å²) in [5, 5.41) is 7.57. The second-order valence-corrected chi connectivity index (χ2v) is 7.04. The third-order valence-electron chi connectivity index (χ3n) is 4.11. The number of nitrogens with one attached hydrogen (secondary N) is 1. The average Bonchev–Trinajstić information content (AvgIpc) is 2.82. The average molecular weight is 376 g/mol. The third-order valence-corrected chi connectivity index (χ3v) is 4.66. The van der Waals surface area contributed by atoms with Crippen LogP contribution < -0.4 is 0 Å². The molecule has 110 valence electrons. The van der Waals surface area contributed by atoms with E-state index in [9.17, 15) is 0 Å². The van der Waals surface area contributed by atoms with E-state index in [0.29, 0.717) is 5.41 Å². The first kappa shape index (κ1) is 17.0. The summed E-state index contributed by atoms with van der Waals surface area (Å²) in [4.78, 5) is 0. The van der Waals surface area contributed by atoms with Gasteiger partial charge in [0.15, 0.2) is 0 Å². The number of hydrogen-bond acceptors (Lipinski definition) is 1. The summed E-state index contributed by atoms with van der Waals surface area (Å²) in [6.45, 7) is 6.97. The maximum Gasteiger partial charge on any atom is 0.123 e. The van der Waals surface area contributed by atoms with Crippen molar-refractivity contribution in [1.29, 1.82) is 0 Å². The lowest BCUT2D eigenvalue weighted by Crippen LogP contribution is -2.22. The molecule has 0 aliphatic rings. The summed E-state index contributed by atoms with van der Waals surface area (Å²) >= 11 is 2.29. The van der Waals surface area contributed by atoms with E-state index in [1.165, 1.54) is 63.5 Å². The van der Waals surface area contributed by atoms with Crippen molar-refractivity contribution in [3.63, 3.8) is 0 Å². The van der Waals surface area contributed by atoms with E-state index in [0.717, 1.165) is 3.70 Å². The second kappa shape index (κ2) is 8.98. The molecule has 0 aliphatic heterocycles. The van der Waals surface area contributed by atoms with E-state index in [1.807, 2.05) is 0 Å². The van der Waals surface area contributed by atoms with Crippen molar-refractivity contribution in [3.05, 3.63) is 15.5 Å². The van der Waals surface area contributed by atoms with Crippen LogP contribution in [0.15, 0.2) is 6.07 Å². The van der Waals surface area contributed by atoms with Crippen LogP contribution in [-0.2, 0) is 5.41 Å². The fraction of sp³-hybridized carbons (Fsp3) is 0.812. The molecule has 3 heteroatoms. The molecule has 2 nitrogen and oxygen atoms in total. The van der Waals surface area contributed by atoms with Gasteiger partial charge in [0.2, 0.25) is 0 Å². The Hall–Kier alpha value is -0.0600. The quantitative estimate of drug-likeness (QED) is 0.404. The predicted octanol–water partition coefficient (Wildman–Crippen LogP) is 5.82. The van der Waals surface area contributed by atoms with Gasteiger partial charge in [0.25, 0.3) is 0 Å². The van der Waals surface area contributed by atoms with Crippen LogP contribution in [-0.4, -0.2) is 10.2 Å². The van der Waals surface area contributed by atoms with Gasteiger partial charge in [-0.2, -0.15) is 5.10 Å². The Kier molecular flexibility index (Phi) is 8.03. The minimum absolute atomic E-state index is 0.291. The van der Waals surface area contributed by atoms with Crippen molar-refractivity contribution < 1.29 is 0 Å². The number of hydrogen-bond donors (Lipinski definition) is 1. The molecule has 0 spiro atoms. The summed E-state index contributed by atoms with van der Waals surface area (Å²) in [5.41, 5.74) is 1.63. The van der Waals surface area contributed by atoms with Crippen LogP contribution in [0.2, 0.25) is 0 Å². The van der Waals surface area contributed by atoms with Crippen LogP contribution in [0.5, 0.6) is 0 Å². The Labute approximate surface area is 132 Å². The zero-order chi connectivity index (χ0) is 14.1. The van der Waals surface area contributed by atoms with Gasteiger partial charge < -0.3 is 0 Å². The topological polar surface area (TPSA) is 28.7 Å². The normalized spacial score (nSPS) is 14.5. The summed E-state index contributed by atoms with van der Waals surface area (Å²) in [7, 11) is 0. The van der Waals surface area contributed by atoms with Gasteiger partial charge in [-0.1, -0.05) is 65.7 Å². The summed E-state index contributed by atoms with van der Waals surface area (Å²) in [5.74, 6) is 0. The van der Waals surface area contributed by atoms with Crippen molar-refractivity contribution in [2.75, 3.05) is 0 Å². The predicted molar refractivity (Wildman–Crippen MR) is 91.6 cm³/mol. The second-order valence-electron chi connectivity index (χ2n) is 5.93. The Morgan fingerprint density at radius 2 is 1.63 bits per heavy atom. The highest BCUT2D eigenvalue weighted by Crippen LogP contribution is 2.34. The number of halogens is 1. The molecule has 1 aromatic heterocycles. The van der Waals surface area contributed by atoms with Crippen molar-refractivity contribution in [3.8, 4) is 0 Å². The molecular weight excluding hydrogens is 347 g/mol. The lowest BCUT2D eigenvalue weighted by molar-refractivity contribution is 0.356. The Balaban J connectivity index is 2.60. The fourth-order valence-corrected chi connectivity index (χ4v) is 3.14. The Bertz CT molecular complexity index is 348. The van der Waals surface area contributed by atoms with E-state index in [-0.39, 0.29) is 0 Å². The molecule has 19 heavy (non-hydrogen) atoms. The van der Waals surface area contributed by atoms with Crippen molar-refractivity contribution >= 4 is 22.6 Å². The van der Waals surface area contributed by atoms with Crippen LogP contribution in [0, 0.1) is 3.70 Å². The molecule has 0 bridgehead atoms. The van der Waals surface area contributed by atoms with Gasteiger partial charge in [0.1, 0.15) is 3.70 Å². The Morgan fingerprint density at radius 1 is 1.05 bits per heavy atom. The zero-order valence-electron chi connectivity index (χ0n) is 12.8. The van der Waals surface area contributed by atoms with Crippen LogP contribution in [0.1, 0.15) is 84.3 Å². The molecule has 0 saturated carbocycles. The van der Waals surface area contributed by atoms with E-state index in [2.05, 4.69) is 59.6 Å². The minimum atomic E-state index is 0.291. The molecule has 1 rings (SSSR count). The number of aromatic amines is 1. The van der Waals surface area contributed by atoms with Gasteiger partial charge in [-0.25, -0.2) is 0 Å². The molecule has 1 N–H and O–H groups in total. The number of nitrogens with zero attached hydrogens (tertiary/aromatic N) is 1. The van der Waals surface area contributed by atoms with Crippen LogP contribution >= 0.6 is 22.6 Å². The summed E-state index contributed by atoms with van der Waals surface area (Å²) < 4.78 is 1.09. The van der Waals surface area contributed by atoms with Crippen molar-refractivity contribution in [1.82, 2.24) is 10.2 Å². The van der Waals surface area contributed by atoms with Crippen LogP contribution in [0.25, 0.3) is 0 Å². The number of aromatic nitrogens is 2. The minimum Gasteiger partial charge on any atom is -0.281 e. The molecule has 0 saturated heterocycles. The highest BCUT2D eigenvalue weighted by molar-refractivity contribution is 14.1. The molecule has 0 fully saturated rings. The number of rotatable bonds is 10. The van der Waals surface area contributed by atoms with Crippen molar-refractivity contribution in [2.24, 2.45) is 0 Å². The third kappa shape index (κ3) is 5.84. The highest BCUT2D eigenvalue weighted by atomic mass is 127. The lowest BCUT2D eigenvalue weighted by Gasteiger charge is -2.28. The highest BCUT2D eigenvalue weighted by Gasteiger charge is 2.27. The lowest BCUT2D eigenvalue weighted by atomic mass is 9.77. The number of unbranched alkanes of at least 4 members (excludes halogenated alkanes) is 5. The molecular formula is C16H29IN2. The largest absolute Gasteiger partial charge is 0.281 e. The van der Waals surface area contributed by atoms with Gasteiger partial charge in [0, 0.05) is 11.1 Å². The molecule has 1 heterocycles. The van der Waals surface area contributed by atoms with Gasteiger partial charge in [0.05, 0.1) is 0 Å². The molecule has 0 aliphatic carbocycles. The maximum atomic E-state index is 4.32. The van der Waals surface area contributed by atoms with E-state index >= 15 is 0 Å². The Morgan fingerprint density at radius 3 is 2.16 bits per heavy atom.